The van der Waals surface area contributed by atoms with Crippen LogP contribution in [0.1, 0.15) is 23.7 Å². The lowest BCUT2D eigenvalue weighted by Crippen LogP contribution is -2.31. The Bertz CT molecular complexity index is 1070. The number of nitrogens with zero attached hydrogens (tertiary/aromatic N) is 2. The zero-order valence-electron chi connectivity index (χ0n) is 16.5. The van der Waals surface area contributed by atoms with E-state index < -0.39 is 6.23 Å². The Balaban J connectivity index is 1.46. The van der Waals surface area contributed by atoms with Crippen LogP contribution >= 0.6 is 0 Å². The highest BCUT2D eigenvalue weighted by atomic mass is 16.5. The van der Waals surface area contributed by atoms with Crippen molar-refractivity contribution in [1.29, 1.82) is 0 Å². The number of aromatic nitrogens is 2. The molecule has 0 saturated carbocycles. The lowest BCUT2D eigenvalue weighted by Gasteiger charge is -2.22. The number of carbonyl (C=O) groups is 1. The summed E-state index contributed by atoms with van der Waals surface area (Å²) < 4.78 is 5.46. The highest BCUT2D eigenvalue weighted by molar-refractivity contribution is 5.92. The molecular weight excluding hydrogens is 368 g/mol. The van der Waals surface area contributed by atoms with E-state index in [-0.39, 0.29) is 12.5 Å². The van der Waals surface area contributed by atoms with Crippen molar-refractivity contribution in [2.45, 2.75) is 26.1 Å². The molecule has 0 aliphatic carbocycles. The molecule has 2 aromatic heterocycles. The number of anilines is 1. The smallest absolute Gasteiger partial charge is 0.246 e. The Morgan fingerprint density at radius 2 is 2.24 bits per heavy atom. The van der Waals surface area contributed by atoms with Gasteiger partial charge in [-0.15, -0.1) is 0 Å². The molecule has 1 aliphatic heterocycles. The van der Waals surface area contributed by atoms with Crippen LogP contribution in [0.2, 0.25) is 0 Å². The summed E-state index contributed by atoms with van der Waals surface area (Å²) in [5, 5.41) is 13.6. The van der Waals surface area contributed by atoms with Crippen LogP contribution < -0.4 is 10.1 Å². The fourth-order valence-corrected chi connectivity index (χ4v) is 3.54. The van der Waals surface area contributed by atoms with Gasteiger partial charge in [-0.1, -0.05) is 25.1 Å². The molecular formula is C22H24N4O3. The van der Waals surface area contributed by atoms with Crippen LogP contribution in [0.4, 0.5) is 5.82 Å². The van der Waals surface area contributed by atoms with Gasteiger partial charge < -0.3 is 25.0 Å². The first-order valence-electron chi connectivity index (χ1n) is 9.64. The number of para-hydroxylation sites is 1. The standard InChI is InChI=1S/C22H24N4O3/c1-3-15-16-6-4-5-7-17(16)24-18(15)12-26(2)21(28)9-8-14-10-19-22(23-11-14)25-20(27)13-29-19/h4-11,20,24,27H,3,12-13H2,1-2H3,(H,23,25)/b9-8+. The maximum absolute atomic E-state index is 12.6. The molecule has 7 nitrogen and oxygen atoms in total. The normalized spacial score (nSPS) is 15.8. The molecule has 3 aromatic rings. The van der Waals surface area contributed by atoms with E-state index >= 15 is 0 Å². The van der Waals surface area contributed by atoms with E-state index in [1.165, 1.54) is 17.0 Å². The minimum absolute atomic E-state index is 0.0992. The maximum Gasteiger partial charge on any atom is 0.246 e. The summed E-state index contributed by atoms with van der Waals surface area (Å²) in [7, 11) is 1.79. The van der Waals surface area contributed by atoms with Gasteiger partial charge in [-0.3, -0.25) is 4.79 Å². The van der Waals surface area contributed by atoms with Gasteiger partial charge in [-0.2, -0.15) is 0 Å². The first-order valence-corrected chi connectivity index (χ1v) is 9.64. The molecule has 1 unspecified atom stereocenters. The largest absolute Gasteiger partial charge is 0.485 e. The number of carbonyl (C=O) groups excluding carboxylic acids is 1. The first kappa shape index (κ1) is 19.0. The van der Waals surface area contributed by atoms with Gasteiger partial charge in [0.15, 0.2) is 17.8 Å². The molecule has 1 amide bonds. The van der Waals surface area contributed by atoms with Gasteiger partial charge in [0.1, 0.15) is 6.61 Å². The van der Waals surface area contributed by atoms with Crippen LogP contribution in [0.25, 0.3) is 17.0 Å². The van der Waals surface area contributed by atoms with E-state index in [0.717, 1.165) is 23.2 Å². The highest BCUT2D eigenvalue weighted by Gasteiger charge is 2.18. The minimum atomic E-state index is -0.760. The molecule has 3 heterocycles. The number of hydrogen-bond donors (Lipinski definition) is 3. The number of H-pyrrole nitrogens is 1. The van der Waals surface area contributed by atoms with E-state index in [9.17, 15) is 9.90 Å². The van der Waals surface area contributed by atoms with E-state index in [4.69, 9.17) is 4.74 Å². The zero-order chi connectivity index (χ0) is 20.4. The third kappa shape index (κ3) is 3.95. The van der Waals surface area contributed by atoms with Gasteiger partial charge in [0, 0.05) is 35.9 Å². The van der Waals surface area contributed by atoms with Crippen molar-refractivity contribution in [1.82, 2.24) is 14.9 Å². The number of ether oxygens (including phenoxy) is 1. The second-order valence-electron chi connectivity index (χ2n) is 7.10. The summed E-state index contributed by atoms with van der Waals surface area (Å²) in [6.45, 7) is 2.79. The number of aliphatic hydroxyl groups excluding tert-OH is 1. The number of amides is 1. The molecule has 0 spiro atoms. The molecule has 0 saturated heterocycles. The summed E-state index contributed by atoms with van der Waals surface area (Å²) in [6, 6.07) is 9.99. The molecule has 0 radical (unpaired) electrons. The second-order valence-corrected chi connectivity index (χ2v) is 7.10. The van der Waals surface area contributed by atoms with Crippen LogP contribution in [-0.4, -0.2) is 45.8 Å². The van der Waals surface area contributed by atoms with Crippen molar-refractivity contribution in [3.63, 3.8) is 0 Å². The number of aliphatic hydroxyl groups is 1. The zero-order valence-corrected chi connectivity index (χ0v) is 16.5. The Morgan fingerprint density at radius 1 is 1.41 bits per heavy atom. The average molecular weight is 392 g/mol. The highest BCUT2D eigenvalue weighted by Crippen LogP contribution is 2.27. The number of likely N-dealkylation sites (N-methyl/N-ethyl adjacent to an activating group) is 1. The van der Waals surface area contributed by atoms with Crippen LogP contribution in [0.15, 0.2) is 42.6 Å². The average Bonchev–Trinajstić information content (AvgIpc) is 3.08. The molecule has 3 N–H and O–H groups in total. The van der Waals surface area contributed by atoms with Crippen LogP contribution in [0.3, 0.4) is 0 Å². The van der Waals surface area contributed by atoms with Crippen molar-refractivity contribution < 1.29 is 14.6 Å². The molecule has 7 heteroatoms. The summed E-state index contributed by atoms with van der Waals surface area (Å²) in [4.78, 5) is 21.9. The van der Waals surface area contributed by atoms with Gasteiger partial charge in [0.25, 0.3) is 0 Å². The number of benzene rings is 1. The molecule has 1 aliphatic rings. The number of pyridine rings is 1. The Labute approximate surface area is 169 Å². The third-order valence-electron chi connectivity index (χ3n) is 5.02. The number of aryl methyl sites for hydroxylation is 1. The molecule has 29 heavy (non-hydrogen) atoms. The second kappa shape index (κ2) is 7.97. The summed E-state index contributed by atoms with van der Waals surface area (Å²) in [5.41, 5.74) is 4.15. The van der Waals surface area contributed by atoms with Crippen molar-refractivity contribution in [3.8, 4) is 5.75 Å². The maximum atomic E-state index is 12.6. The van der Waals surface area contributed by atoms with Crippen LogP contribution in [0, 0.1) is 0 Å². The number of nitrogens with one attached hydrogen (secondary N) is 2. The molecule has 0 fully saturated rings. The van der Waals surface area contributed by atoms with Gasteiger partial charge >= 0.3 is 0 Å². The van der Waals surface area contributed by atoms with Crippen LogP contribution in [0.5, 0.6) is 5.75 Å². The van der Waals surface area contributed by atoms with Crippen molar-refractivity contribution in [2.75, 3.05) is 19.0 Å². The number of rotatable bonds is 5. The predicted molar refractivity (Wildman–Crippen MR) is 113 cm³/mol. The van der Waals surface area contributed by atoms with Crippen LogP contribution in [-0.2, 0) is 17.8 Å². The molecule has 4 rings (SSSR count). The molecule has 1 atom stereocenters. The summed E-state index contributed by atoms with van der Waals surface area (Å²) >= 11 is 0. The monoisotopic (exact) mass is 392 g/mol. The predicted octanol–water partition coefficient (Wildman–Crippen LogP) is 2.92. The Hall–Kier alpha value is -3.32. The Kier molecular flexibility index (Phi) is 5.22. The van der Waals surface area contributed by atoms with Gasteiger partial charge in [-0.05, 0) is 35.8 Å². The van der Waals surface area contributed by atoms with Gasteiger partial charge in [0.2, 0.25) is 5.91 Å². The number of fused-ring (bicyclic) bond motifs is 2. The quantitative estimate of drug-likeness (QED) is 0.581. The van der Waals surface area contributed by atoms with E-state index in [1.54, 1.807) is 30.3 Å². The summed E-state index contributed by atoms with van der Waals surface area (Å²) in [6.07, 6.45) is 5.02. The lowest BCUT2D eigenvalue weighted by atomic mass is 10.1. The Morgan fingerprint density at radius 3 is 3.07 bits per heavy atom. The van der Waals surface area contributed by atoms with Crippen molar-refractivity contribution >= 4 is 28.7 Å². The third-order valence-corrected chi connectivity index (χ3v) is 5.02. The minimum Gasteiger partial charge on any atom is -0.485 e. The SMILES string of the molecule is CCc1c(CN(C)C(=O)/C=C/c2cnc3c(c2)OCC(O)N3)[nH]c2ccccc12. The lowest BCUT2D eigenvalue weighted by molar-refractivity contribution is -0.125. The van der Waals surface area contributed by atoms with Crippen molar-refractivity contribution in [3.05, 3.63) is 59.4 Å². The topological polar surface area (TPSA) is 90.5 Å². The fraction of sp³-hybridized carbons (Fsp3) is 0.273. The van der Waals surface area contributed by atoms with E-state index in [2.05, 4.69) is 34.3 Å². The molecule has 1 aromatic carbocycles. The number of aromatic amines is 1. The van der Waals surface area contributed by atoms with Crippen molar-refractivity contribution in [2.24, 2.45) is 0 Å². The first-order chi connectivity index (χ1) is 14.0. The van der Waals surface area contributed by atoms with E-state index in [1.807, 2.05) is 12.1 Å². The van der Waals surface area contributed by atoms with E-state index in [0.29, 0.717) is 18.1 Å². The number of hydrogen-bond acceptors (Lipinski definition) is 5. The molecule has 0 bridgehead atoms. The fourth-order valence-electron chi connectivity index (χ4n) is 3.54. The summed E-state index contributed by atoms with van der Waals surface area (Å²) in [5.74, 6) is 0.956. The van der Waals surface area contributed by atoms with Gasteiger partial charge in [-0.25, -0.2) is 4.98 Å². The van der Waals surface area contributed by atoms with Gasteiger partial charge in [0.05, 0.1) is 6.54 Å². The molecule has 150 valence electrons.